The lowest BCUT2D eigenvalue weighted by atomic mass is 10.3. The second-order valence-corrected chi connectivity index (χ2v) is 6.52. The van der Waals surface area contributed by atoms with E-state index in [2.05, 4.69) is 27.7 Å². The molecule has 1 heteroatoms. The van der Waals surface area contributed by atoms with Crippen LogP contribution in [0.4, 0.5) is 0 Å². The smallest absolute Gasteiger partial charge is 0.0887 e. The van der Waals surface area contributed by atoms with E-state index in [9.17, 15) is 0 Å². The molecule has 0 nitrogen and oxygen atoms in total. The third-order valence-electron chi connectivity index (χ3n) is 2.20. The molecule has 0 bridgehead atoms. The molecular weight excluding hydrogens is 123 g/mol. The topological polar surface area (TPSA) is 0 Å². The maximum Gasteiger partial charge on any atom is 0.244 e. The molecule has 0 spiro atoms. The lowest BCUT2D eigenvalue weighted by Crippen LogP contribution is -2.03. The van der Waals surface area contributed by atoms with Crippen LogP contribution in [-0.4, -0.2) is 15.2 Å². The Morgan fingerprint density at radius 1 is 1.11 bits per heavy atom. The average molecular weight is 144 g/mol. The monoisotopic (exact) mass is 144 g/mol. The van der Waals surface area contributed by atoms with Crippen LogP contribution in [0.2, 0.25) is 9.56 Å². The maximum atomic E-state index is 2.40. The highest BCUT2D eigenvalue weighted by Gasteiger charge is 2.08. The molecule has 0 aliphatic rings. The van der Waals surface area contributed by atoms with Gasteiger partial charge in [0.15, 0.2) is 0 Å². The van der Waals surface area contributed by atoms with Gasteiger partial charge in [0.1, 0.15) is 0 Å². The van der Waals surface area contributed by atoms with Crippen molar-refractivity contribution in [2.45, 2.75) is 50.1 Å². The van der Waals surface area contributed by atoms with Crippen LogP contribution in [-0.2, 0) is 0 Å². The Labute approximate surface area is 67.2 Å². The third-order valence-corrected chi connectivity index (χ3v) is 4.96. The molecule has 0 aromatic rings. The fourth-order valence-corrected chi connectivity index (χ4v) is 3.06. The van der Waals surface area contributed by atoms with Crippen LogP contribution in [0.15, 0.2) is 0 Å². The Morgan fingerprint density at radius 2 is 1.44 bits per heavy atom. The Bertz CT molecular complexity index is 58.3. The maximum absolute atomic E-state index is 2.40. The normalized spacial score (nSPS) is 16.9. The van der Waals surface area contributed by atoms with Crippen molar-refractivity contribution < 1.29 is 1.43 Å². The van der Waals surface area contributed by atoms with Gasteiger partial charge < -0.3 is 0 Å². The van der Waals surface area contributed by atoms with E-state index in [-0.39, 0.29) is 16.6 Å². The quantitative estimate of drug-likeness (QED) is 0.532. The van der Waals surface area contributed by atoms with Crippen molar-refractivity contribution in [2.24, 2.45) is 0 Å². The summed E-state index contributed by atoms with van der Waals surface area (Å²) in [5.74, 6) is 0. The molecule has 0 saturated carbocycles. The predicted octanol–water partition coefficient (Wildman–Crippen LogP) is 3.11. The van der Waals surface area contributed by atoms with Crippen LogP contribution in [0.25, 0.3) is 0 Å². The number of rotatable bonds is 4. The van der Waals surface area contributed by atoms with Gasteiger partial charge in [0.25, 0.3) is 0 Å². The van der Waals surface area contributed by atoms with Crippen LogP contribution in [0.3, 0.4) is 0 Å². The lowest BCUT2D eigenvalue weighted by Gasteiger charge is -2.09. The van der Waals surface area contributed by atoms with Crippen molar-refractivity contribution >= 4 is 15.2 Å². The van der Waals surface area contributed by atoms with Gasteiger partial charge in [0, 0.05) is 1.43 Å². The summed E-state index contributed by atoms with van der Waals surface area (Å²) in [6, 6.07) is 0. The minimum absolute atomic E-state index is 0. The first-order valence-electron chi connectivity index (χ1n) is 4.20. The Balaban J connectivity index is 0. The summed E-state index contributed by atoms with van der Waals surface area (Å²) in [5.41, 5.74) is 0. The van der Waals surface area contributed by atoms with E-state index in [1.807, 2.05) is 0 Å². The van der Waals surface area contributed by atoms with Crippen molar-refractivity contribution in [3.63, 3.8) is 0 Å². The first kappa shape index (κ1) is 9.53. The van der Waals surface area contributed by atoms with Crippen molar-refractivity contribution in [2.75, 3.05) is 0 Å². The standard InChI is InChI=1S/2C4H9.Al.H2.H/c2*1-3-4-2;;;/h2*3H,4H2,1-2H3;;1H;. The zero-order valence-corrected chi connectivity index (χ0v) is 8.69. The number of hydrogen-bond acceptors (Lipinski definition) is 0. The highest BCUT2D eigenvalue weighted by molar-refractivity contribution is 6.39. The van der Waals surface area contributed by atoms with E-state index < -0.39 is 0 Å². The predicted molar refractivity (Wildman–Crippen MR) is 48.7 cm³/mol. The van der Waals surface area contributed by atoms with E-state index in [0.29, 0.717) is 0 Å². The molecule has 0 aromatic heterocycles. The zero-order valence-electron chi connectivity index (χ0n) is 7.28. The second-order valence-electron chi connectivity index (χ2n) is 3.26. The van der Waals surface area contributed by atoms with Crippen molar-refractivity contribution in [1.29, 1.82) is 0 Å². The van der Waals surface area contributed by atoms with Crippen molar-refractivity contribution in [1.82, 2.24) is 0 Å². The molecule has 0 heterocycles. The highest BCUT2D eigenvalue weighted by atomic mass is 27.1. The molecule has 0 fully saturated rings. The van der Waals surface area contributed by atoms with Gasteiger partial charge in [-0.15, -0.1) is 0 Å². The van der Waals surface area contributed by atoms with Gasteiger partial charge in [0.05, 0.1) is 0 Å². The first-order chi connectivity index (χ1) is 4.20. The highest BCUT2D eigenvalue weighted by Crippen LogP contribution is 2.16. The van der Waals surface area contributed by atoms with Gasteiger partial charge >= 0.3 is 0 Å². The molecule has 56 valence electrons. The second kappa shape index (κ2) is 5.33. The molecule has 0 N–H and O–H groups in total. The van der Waals surface area contributed by atoms with E-state index >= 15 is 0 Å². The SMILES string of the molecule is CC[CH](C)[AlH][CH](C)CC.[HH]. The van der Waals surface area contributed by atoms with Crippen molar-refractivity contribution in [3.8, 4) is 0 Å². The molecule has 0 radical (unpaired) electrons. The molecule has 0 aromatic carbocycles. The summed E-state index contributed by atoms with van der Waals surface area (Å²) in [4.78, 5) is 0. The summed E-state index contributed by atoms with van der Waals surface area (Å²) in [7, 11) is 0. The lowest BCUT2D eigenvalue weighted by molar-refractivity contribution is 0.803. The molecule has 0 saturated heterocycles. The van der Waals surface area contributed by atoms with E-state index in [4.69, 9.17) is 0 Å². The third kappa shape index (κ3) is 5.00. The summed E-state index contributed by atoms with van der Waals surface area (Å²) in [5, 5.41) is 0. The Kier molecular flexibility index (Phi) is 5.64. The van der Waals surface area contributed by atoms with Gasteiger partial charge in [0.2, 0.25) is 15.2 Å². The zero-order chi connectivity index (χ0) is 7.28. The summed E-state index contributed by atoms with van der Waals surface area (Å²) in [6.45, 7) is 9.41. The van der Waals surface area contributed by atoms with Crippen LogP contribution >= 0.6 is 0 Å². The minimum Gasteiger partial charge on any atom is -0.0887 e. The fourth-order valence-electron chi connectivity index (χ4n) is 1.02. The van der Waals surface area contributed by atoms with Crippen LogP contribution in [0, 0.1) is 0 Å². The molecule has 2 atom stereocenters. The van der Waals surface area contributed by atoms with Crippen molar-refractivity contribution in [3.05, 3.63) is 0 Å². The molecule has 0 amide bonds. The minimum atomic E-state index is 0. The van der Waals surface area contributed by atoms with E-state index in [1.54, 1.807) is 0 Å². The molecular formula is C8H21Al. The van der Waals surface area contributed by atoms with Gasteiger partial charge in [-0.05, 0) is 0 Å². The Morgan fingerprint density at radius 3 is 1.67 bits per heavy atom. The average Bonchev–Trinajstić information content (AvgIpc) is 1.87. The Hall–Kier alpha value is 0.532. The molecule has 2 unspecified atom stereocenters. The summed E-state index contributed by atoms with van der Waals surface area (Å²) < 4.78 is 2.14. The van der Waals surface area contributed by atoms with Gasteiger partial charge in [-0.25, -0.2) is 0 Å². The first-order valence-corrected chi connectivity index (χ1v) is 5.83. The van der Waals surface area contributed by atoms with Gasteiger partial charge in [-0.3, -0.25) is 0 Å². The van der Waals surface area contributed by atoms with E-state index in [0.717, 1.165) is 9.56 Å². The van der Waals surface area contributed by atoms with Crippen LogP contribution < -0.4 is 0 Å². The van der Waals surface area contributed by atoms with Gasteiger partial charge in [-0.2, -0.15) is 0 Å². The molecule has 0 rings (SSSR count). The summed E-state index contributed by atoms with van der Waals surface area (Å²) >= 11 is 0.260. The summed E-state index contributed by atoms with van der Waals surface area (Å²) in [6.07, 6.45) is 2.80. The fraction of sp³-hybridized carbons (Fsp3) is 1.00. The largest absolute Gasteiger partial charge is 0.244 e. The number of hydrogen-bond donors (Lipinski definition) is 0. The molecule has 0 aliphatic carbocycles. The van der Waals surface area contributed by atoms with Crippen LogP contribution in [0.1, 0.15) is 42.0 Å². The van der Waals surface area contributed by atoms with Crippen LogP contribution in [0.5, 0.6) is 0 Å². The van der Waals surface area contributed by atoms with E-state index in [1.165, 1.54) is 12.8 Å². The molecule has 0 aliphatic heterocycles. The van der Waals surface area contributed by atoms with Gasteiger partial charge in [-0.1, -0.05) is 50.1 Å². The molecule has 9 heavy (non-hydrogen) atoms.